The molecule has 2 aromatic rings. The number of nitrogens with one attached hydrogen (secondary N) is 1. The number of carbonyl (C=O) groups is 2. The number of carbonyl (C=O) groups excluding carboxylic acids is 2. The number of nitrogens with zero attached hydrogens (tertiary/aromatic N) is 3. The molecule has 1 saturated carbocycles. The van der Waals surface area contributed by atoms with Gasteiger partial charge in [0.05, 0.1) is 18.8 Å². The fraction of sp³-hybridized carbons (Fsp3) is 0.440. The zero-order valence-electron chi connectivity index (χ0n) is 19.2. The summed E-state index contributed by atoms with van der Waals surface area (Å²) in [5.41, 5.74) is 1.57. The Kier molecular flexibility index (Phi) is 7.44. The van der Waals surface area contributed by atoms with E-state index in [4.69, 9.17) is 10.00 Å². The lowest BCUT2D eigenvalue weighted by Gasteiger charge is -2.22. The molecule has 10 heteroatoms. The predicted octanol–water partition coefficient (Wildman–Crippen LogP) is 3.36. The molecule has 2 amide bonds. The van der Waals surface area contributed by atoms with Crippen LogP contribution < -0.4 is 14.8 Å². The lowest BCUT2D eigenvalue weighted by molar-refractivity contribution is -0.136. The van der Waals surface area contributed by atoms with Crippen LogP contribution in [0.5, 0.6) is 11.5 Å². The number of hydrogen-bond acceptors (Lipinski definition) is 6. The minimum absolute atomic E-state index is 0.0350. The highest BCUT2D eigenvalue weighted by molar-refractivity contribution is 5.87. The van der Waals surface area contributed by atoms with Crippen LogP contribution in [0.15, 0.2) is 36.4 Å². The van der Waals surface area contributed by atoms with E-state index in [0.29, 0.717) is 31.2 Å². The van der Waals surface area contributed by atoms with E-state index in [1.807, 2.05) is 6.07 Å². The summed E-state index contributed by atoms with van der Waals surface area (Å²) in [4.78, 5) is 30.9. The summed E-state index contributed by atoms with van der Waals surface area (Å²) in [5, 5.41) is 11.8. The summed E-state index contributed by atoms with van der Waals surface area (Å²) in [6, 6.07) is 11.0. The highest BCUT2D eigenvalue weighted by atomic mass is 19.3. The van der Waals surface area contributed by atoms with Gasteiger partial charge < -0.3 is 19.7 Å². The third-order valence-electron chi connectivity index (χ3n) is 6.20. The Bertz CT molecular complexity index is 1130. The molecular formula is C25H26F2N4O4. The SMILES string of the molecule is CC(=O)N1CC(c2ccc(OC(F)F)c(OCC3CC3)c2)C[C@@H]1C(=O)NCc1cccc(C#N)n1. The van der Waals surface area contributed by atoms with Crippen LogP contribution in [0.25, 0.3) is 0 Å². The van der Waals surface area contributed by atoms with Crippen molar-refractivity contribution in [1.29, 1.82) is 5.26 Å². The number of nitriles is 1. The van der Waals surface area contributed by atoms with Gasteiger partial charge in [0.15, 0.2) is 11.5 Å². The summed E-state index contributed by atoms with van der Waals surface area (Å²) >= 11 is 0. The molecule has 1 unspecified atom stereocenters. The standard InChI is InChI=1S/C25H26F2N4O4/c1-15(32)31-13-18(9-21(31)24(33)29-12-20-4-2-3-19(11-28)30-20)17-7-8-22(35-25(26)27)23(10-17)34-14-16-5-6-16/h2-4,7-8,10,16,18,21,25H,5-6,9,12-14H2,1H3,(H,29,33)/t18?,21-/m1/s1. The molecular weight excluding hydrogens is 458 g/mol. The van der Waals surface area contributed by atoms with Crippen LogP contribution in [0.4, 0.5) is 8.78 Å². The van der Waals surface area contributed by atoms with Gasteiger partial charge in [-0.25, -0.2) is 4.98 Å². The number of hydrogen-bond donors (Lipinski definition) is 1. The van der Waals surface area contributed by atoms with Gasteiger partial charge in [0.25, 0.3) is 0 Å². The van der Waals surface area contributed by atoms with Gasteiger partial charge >= 0.3 is 6.61 Å². The molecule has 1 aliphatic carbocycles. The van der Waals surface area contributed by atoms with Gasteiger partial charge in [0.2, 0.25) is 11.8 Å². The largest absolute Gasteiger partial charge is 0.489 e. The van der Waals surface area contributed by atoms with E-state index in [0.717, 1.165) is 18.4 Å². The van der Waals surface area contributed by atoms with Crippen LogP contribution in [-0.4, -0.2) is 47.5 Å². The van der Waals surface area contributed by atoms with Crippen molar-refractivity contribution in [3.8, 4) is 17.6 Å². The third-order valence-corrected chi connectivity index (χ3v) is 6.20. The zero-order valence-corrected chi connectivity index (χ0v) is 19.2. The summed E-state index contributed by atoms with van der Waals surface area (Å²) in [7, 11) is 0. The quantitative estimate of drug-likeness (QED) is 0.585. The van der Waals surface area contributed by atoms with Gasteiger partial charge in [0.1, 0.15) is 17.8 Å². The molecule has 4 rings (SSSR count). The number of likely N-dealkylation sites (tertiary alicyclic amines) is 1. The predicted molar refractivity (Wildman–Crippen MR) is 121 cm³/mol. The van der Waals surface area contributed by atoms with E-state index in [9.17, 15) is 18.4 Å². The monoisotopic (exact) mass is 484 g/mol. The molecule has 35 heavy (non-hydrogen) atoms. The Morgan fingerprint density at radius 3 is 2.74 bits per heavy atom. The Labute approximate surface area is 201 Å². The molecule has 1 N–H and O–H groups in total. The van der Waals surface area contributed by atoms with Gasteiger partial charge in [-0.1, -0.05) is 12.1 Å². The molecule has 1 saturated heterocycles. The Balaban J connectivity index is 1.47. The molecule has 1 aliphatic heterocycles. The normalized spacial score (nSPS) is 19.3. The van der Waals surface area contributed by atoms with Crippen molar-refractivity contribution in [1.82, 2.24) is 15.2 Å². The van der Waals surface area contributed by atoms with Crippen molar-refractivity contribution in [3.63, 3.8) is 0 Å². The van der Waals surface area contributed by atoms with Crippen LogP contribution in [0.2, 0.25) is 0 Å². The zero-order chi connectivity index (χ0) is 24.9. The van der Waals surface area contributed by atoms with Crippen LogP contribution >= 0.6 is 0 Å². The van der Waals surface area contributed by atoms with E-state index in [2.05, 4.69) is 15.0 Å². The maximum atomic E-state index is 13.0. The first-order valence-corrected chi connectivity index (χ1v) is 11.5. The summed E-state index contributed by atoms with van der Waals surface area (Å²) in [6.45, 7) is -0.698. The van der Waals surface area contributed by atoms with Gasteiger partial charge in [-0.15, -0.1) is 0 Å². The average Bonchev–Trinajstić information content (AvgIpc) is 3.56. The van der Waals surface area contributed by atoms with E-state index >= 15 is 0 Å². The molecule has 1 aromatic heterocycles. The number of alkyl halides is 2. The second-order valence-corrected chi connectivity index (χ2v) is 8.80. The summed E-state index contributed by atoms with van der Waals surface area (Å²) in [5.74, 6) is -0.116. The average molecular weight is 485 g/mol. The van der Waals surface area contributed by atoms with Crippen LogP contribution in [-0.2, 0) is 16.1 Å². The van der Waals surface area contributed by atoms with Crippen LogP contribution in [0.3, 0.4) is 0 Å². The first-order valence-electron chi connectivity index (χ1n) is 11.5. The molecule has 2 fully saturated rings. The maximum Gasteiger partial charge on any atom is 0.387 e. The Hall–Kier alpha value is -3.74. The minimum atomic E-state index is -2.97. The second kappa shape index (κ2) is 10.7. The smallest absolute Gasteiger partial charge is 0.387 e. The lowest BCUT2D eigenvalue weighted by Crippen LogP contribution is -2.45. The van der Waals surface area contributed by atoms with Gasteiger partial charge in [-0.05, 0) is 55.0 Å². The van der Waals surface area contributed by atoms with E-state index in [1.165, 1.54) is 17.9 Å². The second-order valence-electron chi connectivity index (χ2n) is 8.80. The van der Waals surface area contributed by atoms with E-state index in [-0.39, 0.29) is 41.5 Å². The van der Waals surface area contributed by atoms with E-state index < -0.39 is 12.7 Å². The fourth-order valence-electron chi connectivity index (χ4n) is 4.19. The Morgan fingerprint density at radius 2 is 2.06 bits per heavy atom. The summed E-state index contributed by atoms with van der Waals surface area (Å²) in [6.07, 6.45) is 2.47. The molecule has 1 aromatic carbocycles. The topological polar surface area (TPSA) is 105 Å². The van der Waals surface area contributed by atoms with Crippen molar-refractivity contribution < 1.29 is 27.8 Å². The molecule has 0 radical (unpaired) electrons. The molecule has 2 atom stereocenters. The number of benzene rings is 1. The van der Waals surface area contributed by atoms with Crippen molar-refractivity contribution >= 4 is 11.8 Å². The number of amides is 2. The van der Waals surface area contributed by atoms with Crippen molar-refractivity contribution in [3.05, 3.63) is 53.3 Å². The van der Waals surface area contributed by atoms with Crippen molar-refractivity contribution in [2.45, 2.75) is 51.3 Å². The fourth-order valence-corrected chi connectivity index (χ4v) is 4.19. The molecule has 2 heterocycles. The molecule has 8 nitrogen and oxygen atoms in total. The van der Waals surface area contributed by atoms with Crippen LogP contribution in [0.1, 0.15) is 49.1 Å². The highest BCUT2D eigenvalue weighted by Crippen LogP contribution is 2.39. The van der Waals surface area contributed by atoms with Crippen molar-refractivity contribution in [2.24, 2.45) is 5.92 Å². The number of aromatic nitrogens is 1. The first-order chi connectivity index (χ1) is 16.8. The molecule has 0 bridgehead atoms. The highest BCUT2D eigenvalue weighted by Gasteiger charge is 2.39. The molecule has 184 valence electrons. The molecule has 2 aliphatic rings. The van der Waals surface area contributed by atoms with Gasteiger partial charge in [-0.3, -0.25) is 9.59 Å². The number of pyridine rings is 1. The van der Waals surface area contributed by atoms with Crippen LogP contribution in [0, 0.1) is 17.2 Å². The summed E-state index contributed by atoms with van der Waals surface area (Å²) < 4.78 is 36.1. The first kappa shape index (κ1) is 24.4. The van der Waals surface area contributed by atoms with Gasteiger partial charge in [-0.2, -0.15) is 14.0 Å². The third kappa shape index (κ3) is 6.23. The van der Waals surface area contributed by atoms with Crippen molar-refractivity contribution in [2.75, 3.05) is 13.2 Å². The minimum Gasteiger partial charge on any atom is -0.489 e. The maximum absolute atomic E-state index is 13.0. The van der Waals surface area contributed by atoms with Gasteiger partial charge in [0, 0.05) is 19.4 Å². The lowest BCUT2D eigenvalue weighted by atomic mass is 9.95. The Morgan fingerprint density at radius 1 is 1.26 bits per heavy atom. The molecule has 0 spiro atoms. The number of ether oxygens (including phenoxy) is 2. The number of rotatable bonds is 9. The number of halogens is 2. The van der Waals surface area contributed by atoms with E-state index in [1.54, 1.807) is 30.3 Å².